The number of amides is 1. The summed E-state index contributed by atoms with van der Waals surface area (Å²) in [4.78, 5) is 33.6. The zero-order valence-electron chi connectivity index (χ0n) is 17.8. The van der Waals surface area contributed by atoms with Crippen LogP contribution in [0.5, 0.6) is 0 Å². The van der Waals surface area contributed by atoms with Crippen molar-refractivity contribution in [2.45, 2.75) is 17.4 Å². The second-order valence-electron chi connectivity index (χ2n) is 7.28. The van der Waals surface area contributed by atoms with Gasteiger partial charge in [0.15, 0.2) is 6.61 Å². The summed E-state index contributed by atoms with van der Waals surface area (Å²) >= 11 is 2.80. The molecule has 0 saturated carbocycles. The Labute approximate surface area is 200 Å². The maximum Gasteiger partial charge on any atom is 0.316 e. The average molecular weight is 478 g/mol. The molecule has 1 amide bonds. The highest BCUT2D eigenvalue weighted by Crippen LogP contribution is 2.28. The van der Waals surface area contributed by atoms with Gasteiger partial charge in [-0.1, -0.05) is 72.4 Å². The Balaban J connectivity index is 1.22. The number of carbonyl (C=O) groups excluding carboxylic acids is 2. The molecular formula is C25H23N3O3S2. The fourth-order valence-electron chi connectivity index (χ4n) is 3.50. The molecule has 0 unspecified atom stereocenters. The van der Waals surface area contributed by atoms with Gasteiger partial charge in [-0.15, -0.1) is 11.3 Å². The van der Waals surface area contributed by atoms with E-state index in [9.17, 15) is 9.59 Å². The molecule has 0 atom stereocenters. The number of hydrogen-bond acceptors (Lipinski definition) is 7. The van der Waals surface area contributed by atoms with Gasteiger partial charge in [0.25, 0.3) is 5.91 Å². The molecule has 4 rings (SSSR count). The van der Waals surface area contributed by atoms with Crippen LogP contribution in [0.1, 0.15) is 23.5 Å². The van der Waals surface area contributed by atoms with Crippen molar-refractivity contribution in [1.82, 2.24) is 15.3 Å². The Morgan fingerprint density at radius 3 is 2.36 bits per heavy atom. The molecule has 0 fully saturated rings. The van der Waals surface area contributed by atoms with E-state index in [0.717, 1.165) is 21.7 Å². The van der Waals surface area contributed by atoms with Gasteiger partial charge in [-0.2, -0.15) is 0 Å². The van der Waals surface area contributed by atoms with Crippen LogP contribution in [0.4, 0.5) is 0 Å². The number of rotatable bonds is 10. The number of hydrogen-bond donors (Lipinski definition) is 1. The maximum atomic E-state index is 12.2. The maximum absolute atomic E-state index is 12.2. The molecule has 0 aliphatic rings. The van der Waals surface area contributed by atoms with Gasteiger partial charge < -0.3 is 10.1 Å². The fraction of sp³-hybridized carbons (Fsp3) is 0.200. The third kappa shape index (κ3) is 6.40. The van der Waals surface area contributed by atoms with Gasteiger partial charge in [-0.3, -0.25) is 9.59 Å². The average Bonchev–Trinajstić information content (AvgIpc) is 3.35. The van der Waals surface area contributed by atoms with Crippen LogP contribution in [0.15, 0.2) is 83.5 Å². The summed E-state index contributed by atoms with van der Waals surface area (Å²) in [6.45, 7) is 0.190. The smallest absolute Gasteiger partial charge is 0.316 e. The van der Waals surface area contributed by atoms with E-state index >= 15 is 0 Å². The number of ether oxygens (including phenoxy) is 1. The summed E-state index contributed by atoms with van der Waals surface area (Å²) in [5.74, 6) is -0.508. The monoisotopic (exact) mass is 477 g/mol. The third-order valence-electron chi connectivity index (χ3n) is 5.08. The van der Waals surface area contributed by atoms with E-state index < -0.39 is 5.97 Å². The molecular weight excluding hydrogens is 454 g/mol. The van der Waals surface area contributed by atoms with E-state index in [1.807, 2.05) is 47.8 Å². The zero-order chi connectivity index (χ0) is 22.9. The Hall–Kier alpha value is -3.23. The molecule has 1 N–H and O–H groups in total. The van der Waals surface area contributed by atoms with E-state index in [0.29, 0.717) is 6.54 Å². The van der Waals surface area contributed by atoms with E-state index in [-0.39, 0.29) is 24.2 Å². The predicted molar refractivity (Wildman–Crippen MR) is 131 cm³/mol. The topological polar surface area (TPSA) is 81.2 Å². The van der Waals surface area contributed by atoms with Crippen LogP contribution in [0.2, 0.25) is 0 Å². The number of thiophene rings is 1. The SMILES string of the molecule is O=C(COC(=O)CSc1ncnc2sccc12)NCCC(c1ccccc1)c1ccccc1. The van der Waals surface area contributed by atoms with Crippen molar-refractivity contribution in [2.24, 2.45) is 0 Å². The lowest BCUT2D eigenvalue weighted by Crippen LogP contribution is -2.30. The molecule has 8 heteroatoms. The molecule has 0 spiro atoms. The molecule has 168 valence electrons. The van der Waals surface area contributed by atoms with Crippen molar-refractivity contribution in [3.05, 3.63) is 89.6 Å². The van der Waals surface area contributed by atoms with E-state index in [1.54, 1.807) is 0 Å². The number of nitrogens with zero attached hydrogens (tertiary/aromatic N) is 2. The van der Waals surface area contributed by atoms with Gasteiger partial charge in [0.2, 0.25) is 0 Å². The normalized spacial score (nSPS) is 10.9. The lowest BCUT2D eigenvalue weighted by Gasteiger charge is -2.18. The molecule has 4 aromatic rings. The molecule has 33 heavy (non-hydrogen) atoms. The highest BCUT2D eigenvalue weighted by molar-refractivity contribution is 8.00. The van der Waals surface area contributed by atoms with Crippen LogP contribution in [-0.2, 0) is 14.3 Å². The minimum Gasteiger partial charge on any atom is -0.455 e. The van der Waals surface area contributed by atoms with Crippen molar-refractivity contribution in [2.75, 3.05) is 18.9 Å². The minimum absolute atomic E-state index is 0.0827. The number of benzene rings is 2. The minimum atomic E-state index is -0.455. The van der Waals surface area contributed by atoms with E-state index in [4.69, 9.17) is 4.74 Å². The third-order valence-corrected chi connectivity index (χ3v) is 6.87. The first kappa shape index (κ1) is 22.9. The van der Waals surface area contributed by atoms with Gasteiger partial charge >= 0.3 is 5.97 Å². The van der Waals surface area contributed by atoms with Crippen LogP contribution in [-0.4, -0.2) is 40.7 Å². The summed E-state index contributed by atoms with van der Waals surface area (Å²) in [5, 5.41) is 6.45. The highest BCUT2D eigenvalue weighted by atomic mass is 32.2. The first-order valence-corrected chi connectivity index (χ1v) is 12.4. The predicted octanol–water partition coefficient (Wildman–Crippen LogP) is 4.67. The summed E-state index contributed by atoms with van der Waals surface area (Å²) in [6, 6.07) is 22.4. The molecule has 2 heterocycles. The number of carbonyl (C=O) groups is 2. The van der Waals surface area contributed by atoms with Crippen LogP contribution < -0.4 is 5.32 Å². The first-order valence-electron chi connectivity index (χ1n) is 10.5. The largest absolute Gasteiger partial charge is 0.455 e. The summed E-state index contributed by atoms with van der Waals surface area (Å²) in [6.07, 6.45) is 2.23. The number of aromatic nitrogens is 2. The van der Waals surface area contributed by atoms with Gasteiger partial charge in [0.05, 0.1) is 5.75 Å². The van der Waals surface area contributed by atoms with Crippen molar-refractivity contribution in [3.8, 4) is 0 Å². The lowest BCUT2D eigenvalue weighted by molar-refractivity contribution is -0.145. The van der Waals surface area contributed by atoms with Crippen molar-refractivity contribution in [1.29, 1.82) is 0 Å². The van der Waals surface area contributed by atoms with Crippen molar-refractivity contribution in [3.63, 3.8) is 0 Å². The zero-order valence-corrected chi connectivity index (χ0v) is 19.5. The van der Waals surface area contributed by atoms with Gasteiger partial charge in [-0.25, -0.2) is 9.97 Å². The number of thioether (sulfide) groups is 1. The summed E-state index contributed by atoms with van der Waals surface area (Å²) < 4.78 is 5.13. The second-order valence-corrected chi connectivity index (χ2v) is 9.14. The van der Waals surface area contributed by atoms with Crippen LogP contribution in [0.3, 0.4) is 0 Å². The van der Waals surface area contributed by atoms with E-state index in [2.05, 4.69) is 39.6 Å². The number of esters is 1. The second kappa shape index (κ2) is 11.6. The van der Waals surface area contributed by atoms with Crippen molar-refractivity contribution < 1.29 is 14.3 Å². The van der Waals surface area contributed by atoms with E-state index in [1.165, 1.54) is 40.6 Å². The lowest BCUT2D eigenvalue weighted by atomic mass is 9.88. The Kier molecular flexibility index (Phi) is 8.05. The quantitative estimate of drug-likeness (QED) is 0.203. The fourth-order valence-corrected chi connectivity index (χ4v) is 5.08. The van der Waals surface area contributed by atoms with Gasteiger partial charge in [0.1, 0.15) is 16.2 Å². The molecule has 6 nitrogen and oxygen atoms in total. The Bertz CT molecular complexity index is 1160. The standard InChI is InChI=1S/C25H23N3O3S2/c29-22(15-31-23(30)16-33-25-21-12-14-32-24(21)27-17-28-25)26-13-11-20(18-7-3-1-4-8-18)19-9-5-2-6-10-19/h1-10,12,14,17,20H,11,13,15-16H2,(H,26,29). The molecule has 0 aliphatic carbocycles. The van der Waals surface area contributed by atoms with Gasteiger partial charge in [-0.05, 0) is 29.0 Å². The number of fused-ring (bicyclic) bond motifs is 1. The Morgan fingerprint density at radius 2 is 1.67 bits per heavy atom. The first-order chi connectivity index (χ1) is 16.2. The van der Waals surface area contributed by atoms with Gasteiger partial charge in [0, 0.05) is 17.8 Å². The molecule has 0 aliphatic heterocycles. The molecule has 2 aromatic heterocycles. The van der Waals surface area contributed by atoms with Crippen LogP contribution in [0.25, 0.3) is 10.2 Å². The molecule has 0 bridgehead atoms. The van der Waals surface area contributed by atoms with Crippen molar-refractivity contribution >= 4 is 45.2 Å². The Morgan fingerprint density at radius 1 is 0.970 bits per heavy atom. The molecule has 0 radical (unpaired) electrons. The van der Waals surface area contributed by atoms with Crippen LogP contribution in [0, 0.1) is 0 Å². The highest BCUT2D eigenvalue weighted by Gasteiger charge is 2.15. The molecule has 0 saturated heterocycles. The summed E-state index contributed by atoms with van der Waals surface area (Å²) in [5.41, 5.74) is 2.40. The van der Waals surface area contributed by atoms with Crippen LogP contribution >= 0.6 is 23.1 Å². The molecule has 2 aromatic carbocycles. The summed E-state index contributed by atoms with van der Waals surface area (Å²) in [7, 11) is 0. The number of nitrogens with one attached hydrogen (secondary N) is 1.